The first-order chi connectivity index (χ1) is 6.88. The Morgan fingerprint density at radius 3 is 2.60 bits per heavy atom. The fourth-order valence-corrected chi connectivity index (χ4v) is 1.11. The van der Waals surface area contributed by atoms with E-state index < -0.39 is 22.5 Å². The van der Waals surface area contributed by atoms with Crippen LogP contribution in [0.4, 0.5) is 13.2 Å². The number of alkyl halides is 3. The molecule has 1 rings (SSSR count). The van der Waals surface area contributed by atoms with Crippen LogP contribution in [0, 0.1) is 21.6 Å². The van der Waals surface area contributed by atoms with Crippen molar-refractivity contribution in [1.29, 1.82) is 5.26 Å². The minimum Gasteiger partial charge on any atom is -0.265 e. The highest BCUT2D eigenvalue weighted by Crippen LogP contribution is 2.33. The summed E-state index contributed by atoms with van der Waals surface area (Å²) >= 11 is 0. The van der Waals surface area contributed by atoms with Crippen molar-refractivity contribution in [3.8, 4) is 6.19 Å². The van der Waals surface area contributed by atoms with Crippen LogP contribution in [0.5, 0.6) is 0 Å². The Bertz CT molecular complexity index is 391. The molecule has 5 nitrogen and oxygen atoms in total. The summed E-state index contributed by atoms with van der Waals surface area (Å²) in [6.07, 6.45) is -1.80. The van der Waals surface area contributed by atoms with E-state index in [1.54, 1.807) is 0 Å². The Labute approximate surface area is 81.8 Å². The third-order valence-electron chi connectivity index (χ3n) is 1.66. The molecule has 15 heavy (non-hydrogen) atoms. The molecule has 0 radical (unpaired) electrons. The molecule has 0 amide bonds. The van der Waals surface area contributed by atoms with Gasteiger partial charge in [-0.15, -0.1) is 0 Å². The van der Waals surface area contributed by atoms with Crippen molar-refractivity contribution in [2.24, 2.45) is 0 Å². The highest BCUT2D eigenvalue weighted by molar-refractivity contribution is 5.28. The molecule has 0 saturated heterocycles. The molecule has 0 bridgehead atoms. The van der Waals surface area contributed by atoms with Crippen molar-refractivity contribution in [1.82, 2.24) is 4.90 Å². The van der Waals surface area contributed by atoms with Crippen LogP contribution in [-0.4, -0.2) is 22.5 Å². The fourth-order valence-electron chi connectivity index (χ4n) is 1.11. The second kappa shape index (κ2) is 3.61. The summed E-state index contributed by atoms with van der Waals surface area (Å²) in [4.78, 5) is 9.40. The van der Waals surface area contributed by atoms with Gasteiger partial charge < -0.3 is 0 Å². The van der Waals surface area contributed by atoms with Crippen LogP contribution >= 0.6 is 0 Å². The zero-order chi connectivity index (χ0) is 11.6. The Morgan fingerprint density at radius 2 is 2.20 bits per heavy atom. The van der Waals surface area contributed by atoms with E-state index in [2.05, 4.69) is 0 Å². The van der Waals surface area contributed by atoms with E-state index in [9.17, 15) is 23.3 Å². The number of allylic oxidation sites excluding steroid dienone is 2. The summed E-state index contributed by atoms with van der Waals surface area (Å²) in [5.74, 6) is 0. The van der Waals surface area contributed by atoms with E-state index in [4.69, 9.17) is 5.26 Å². The third kappa shape index (κ3) is 2.07. The van der Waals surface area contributed by atoms with Crippen LogP contribution in [0.15, 0.2) is 23.5 Å². The van der Waals surface area contributed by atoms with Crippen LogP contribution in [0.25, 0.3) is 0 Å². The maximum absolute atomic E-state index is 12.4. The van der Waals surface area contributed by atoms with Gasteiger partial charge in [0.25, 0.3) is 5.70 Å². The molecule has 80 valence electrons. The van der Waals surface area contributed by atoms with E-state index in [0.29, 0.717) is 0 Å². The van der Waals surface area contributed by atoms with E-state index in [1.165, 1.54) is 6.19 Å². The molecular formula is C7H4F3N3O2. The van der Waals surface area contributed by atoms with Gasteiger partial charge in [-0.1, -0.05) is 6.08 Å². The van der Waals surface area contributed by atoms with Crippen molar-refractivity contribution in [3.63, 3.8) is 0 Å². The predicted molar refractivity (Wildman–Crippen MR) is 41.5 cm³/mol. The monoisotopic (exact) mass is 219 g/mol. The van der Waals surface area contributed by atoms with Crippen molar-refractivity contribution in [2.45, 2.75) is 6.18 Å². The smallest absolute Gasteiger partial charge is 0.265 e. The Morgan fingerprint density at radius 1 is 1.60 bits per heavy atom. The lowest BCUT2D eigenvalue weighted by atomic mass is 10.2. The van der Waals surface area contributed by atoms with Crippen LogP contribution < -0.4 is 0 Å². The molecule has 0 saturated carbocycles. The number of hydrogen-bond donors (Lipinski definition) is 0. The number of halogens is 3. The standard InChI is InChI=1S/C7H4F3N3O2/c8-7(9,10)6-5(13(14)15)2-1-3-12(6)4-11/h1-2H,3H2. The molecule has 0 fully saturated rings. The number of rotatable bonds is 1. The van der Waals surface area contributed by atoms with Crippen LogP contribution in [-0.2, 0) is 0 Å². The van der Waals surface area contributed by atoms with Gasteiger partial charge >= 0.3 is 6.18 Å². The predicted octanol–water partition coefficient (Wildman–Crippen LogP) is 1.39. The molecule has 1 aliphatic rings. The molecule has 0 spiro atoms. The number of nitrogens with zero attached hydrogens (tertiary/aromatic N) is 3. The lowest BCUT2D eigenvalue weighted by Crippen LogP contribution is -2.33. The second-order valence-corrected chi connectivity index (χ2v) is 2.60. The van der Waals surface area contributed by atoms with Gasteiger partial charge in [-0.3, -0.25) is 15.0 Å². The van der Waals surface area contributed by atoms with Crippen LogP contribution in [0.1, 0.15) is 0 Å². The first-order valence-corrected chi connectivity index (χ1v) is 3.67. The molecule has 0 N–H and O–H groups in total. The highest BCUT2D eigenvalue weighted by Gasteiger charge is 2.45. The molecule has 0 atom stereocenters. The van der Waals surface area contributed by atoms with Crippen LogP contribution in [0.2, 0.25) is 0 Å². The van der Waals surface area contributed by atoms with Crippen LogP contribution in [0.3, 0.4) is 0 Å². The molecule has 0 aromatic rings. The largest absolute Gasteiger partial charge is 0.439 e. The van der Waals surface area contributed by atoms with Crippen molar-refractivity contribution >= 4 is 0 Å². The first kappa shape index (κ1) is 11.0. The van der Waals surface area contributed by atoms with Crippen molar-refractivity contribution in [2.75, 3.05) is 6.54 Å². The summed E-state index contributed by atoms with van der Waals surface area (Å²) in [7, 11) is 0. The Balaban J connectivity index is 3.34. The molecule has 0 unspecified atom stereocenters. The van der Waals surface area contributed by atoms with E-state index in [1.807, 2.05) is 0 Å². The summed E-state index contributed by atoms with van der Waals surface area (Å²) in [5.41, 5.74) is -2.65. The summed E-state index contributed by atoms with van der Waals surface area (Å²) in [6, 6.07) is 0. The maximum atomic E-state index is 12.4. The number of nitriles is 1. The van der Waals surface area contributed by atoms with E-state index in [-0.39, 0.29) is 11.4 Å². The van der Waals surface area contributed by atoms with Gasteiger partial charge in [0.1, 0.15) is 0 Å². The van der Waals surface area contributed by atoms with E-state index in [0.717, 1.165) is 12.2 Å². The fraction of sp³-hybridized carbons (Fsp3) is 0.286. The normalized spacial score (nSPS) is 16.5. The van der Waals surface area contributed by atoms with Gasteiger partial charge in [0.15, 0.2) is 6.19 Å². The molecule has 0 aromatic carbocycles. The summed E-state index contributed by atoms with van der Waals surface area (Å²) in [6.45, 7) is -0.317. The molecule has 8 heteroatoms. The topological polar surface area (TPSA) is 70.2 Å². The number of nitro groups is 1. The van der Waals surface area contributed by atoms with Gasteiger partial charge in [-0.05, 0) is 0 Å². The first-order valence-electron chi connectivity index (χ1n) is 3.67. The molecule has 1 aliphatic heterocycles. The van der Waals surface area contributed by atoms with Gasteiger partial charge in [-0.25, -0.2) is 0 Å². The minimum absolute atomic E-state index is 0.234. The van der Waals surface area contributed by atoms with Crippen molar-refractivity contribution in [3.05, 3.63) is 33.7 Å². The van der Waals surface area contributed by atoms with Crippen molar-refractivity contribution < 1.29 is 18.1 Å². The molecule has 1 heterocycles. The average molecular weight is 219 g/mol. The van der Waals surface area contributed by atoms with Gasteiger partial charge in [0.2, 0.25) is 5.70 Å². The quantitative estimate of drug-likeness (QED) is 0.379. The zero-order valence-corrected chi connectivity index (χ0v) is 7.15. The maximum Gasteiger partial charge on any atom is 0.439 e. The molecule has 0 aromatic heterocycles. The third-order valence-corrected chi connectivity index (χ3v) is 1.66. The molecule has 0 aliphatic carbocycles. The van der Waals surface area contributed by atoms with Gasteiger partial charge in [0, 0.05) is 6.08 Å². The minimum atomic E-state index is -4.91. The number of hydrogen-bond acceptors (Lipinski definition) is 4. The lowest BCUT2D eigenvalue weighted by Gasteiger charge is -2.21. The second-order valence-electron chi connectivity index (χ2n) is 2.60. The van der Waals surface area contributed by atoms with Gasteiger partial charge in [-0.2, -0.15) is 18.4 Å². The zero-order valence-electron chi connectivity index (χ0n) is 7.15. The SMILES string of the molecule is N#CN1CC=CC([N+](=O)[O-])=C1C(F)(F)F. The van der Waals surface area contributed by atoms with E-state index >= 15 is 0 Å². The summed E-state index contributed by atoms with van der Waals surface area (Å²) in [5, 5.41) is 18.7. The lowest BCUT2D eigenvalue weighted by molar-refractivity contribution is -0.423. The van der Waals surface area contributed by atoms with Gasteiger partial charge in [0.05, 0.1) is 11.5 Å². The Hall–Kier alpha value is -2.04. The highest BCUT2D eigenvalue weighted by atomic mass is 19.4. The average Bonchev–Trinajstić information content (AvgIpc) is 2.15. The molecular weight excluding hydrogens is 215 g/mol. The summed E-state index contributed by atoms with van der Waals surface area (Å²) < 4.78 is 37.2. The Kier molecular flexibility index (Phi) is 2.65.